The van der Waals surface area contributed by atoms with Crippen LogP contribution in [0.25, 0.3) is 0 Å². The number of ether oxygens (including phenoxy) is 1. The van der Waals surface area contributed by atoms with E-state index in [1.165, 1.54) is 0 Å². The Balaban J connectivity index is 2.06. The van der Waals surface area contributed by atoms with Gasteiger partial charge in [-0.25, -0.2) is 0 Å². The predicted molar refractivity (Wildman–Crippen MR) is 81.4 cm³/mol. The van der Waals surface area contributed by atoms with Crippen LogP contribution in [0.4, 0.5) is 5.69 Å². The van der Waals surface area contributed by atoms with Crippen LogP contribution in [0.2, 0.25) is 10.0 Å². The molecule has 4 heteroatoms. The van der Waals surface area contributed by atoms with E-state index in [0.29, 0.717) is 23.2 Å². The smallest absolute Gasteiger partial charge is 0.119 e. The SMILES string of the molecule is CCOc1cccc(CNc2cccc(Cl)c2Cl)c1. The Kier molecular flexibility index (Phi) is 4.94. The molecule has 0 aliphatic carbocycles. The molecule has 2 aromatic carbocycles. The third kappa shape index (κ3) is 3.79. The second kappa shape index (κ2) is 6.69. The zero-order valence-corrected chi connectivity index (χ0v) is 12.1. The minimum absolute atomic E-state index is 0.546. The van der Waals surface area contributed by atoms with Crippen molar-refractivity contribution in [2.75, 3.05) is 11.9 Å². The van der Waals surface area contributed by atoms with Crippen LogP contribution in [-0.4, -0.2) is 6.61 Å². The molecule has 0 radical (unpaired) electrons. The fraction of sp³-hybridized carbons (Fsp3) is 0.200. The zero-order valence-electron chi connectivity index (χ0n) is 10.6. The summed E-state index contributed by atoms with van der Waals surface area (Å²) < 4.78 is 5.47. The van der Waals surface area contributed by atoms with Gasteiger partial charge in [0.15, 0.2) is 0 Å². The van der Waals surface area contributed by atoms with Gasteiger partial charge in [-0.15, -0.1) is 0 Å². The summed E-state index contributed by atoms with van der Waals surface area (Å²) in [6, 6.07) is 13.5. The van der Waals surface area contributed by atoms with Gasteiger partial charge in [-0.05, 0) is 36.8 Å². The van der Waals surface area contributed by atoms with E-state index >= 15 is 0 Å². The molecule has 0 aliphatic heterocycles. The number of benzene rings is 2. The molecule has 100 valence electrons. The van der Waals surface area contributed by atoms with Crippen LogP contribution >= 0.6 is 23.2 Å². The molecule has 0 unspecified atom stereocenters. The van der Waals surface area contributed by atoms with Gasteiger partial charge >= 0.3 is 0 Å². The number of halogens is 2. The number of rotatable bonds is 5. The minimum Gasteiger partial charge on any atom is -0.494 e. The fourth-order valence-corrected chi connectivity index (χ4v) is 2.12. The standard InChI is InChI=1S/C15H15Cl2NO/c1-2-19-12-6-3-5-11(9-12)10-18-14-8-4-7-13(16)15(14)17/h3-9,18H,2,10H2,1H3. The summed E-state index contributed by atoms with van der Waals surface area (Å²) in [6.45, 7) is 3.30. The van der Waals surface area contributed by atoms with Crippen LogP contribution in [0, 0.1) is 0 Å². The molecular formula is C15H15Cl2NO. The molecule has 0 fully saturated rings. The zero-order chi connectivity index (χ0) is 13.7. The fourth-order valence-electron chi connectivity index (χ4n) is 1.75. The van der Waals surface area contributed by atoms with Gasteiger partial charge in [0.1, 0.15) is 5.75 Å². The number of nitrogens with one attached hydrogen (secondary N) is 1. The van der Waals surface area contributed by atoms with Gasteiger partial charge < -0.3 is 10.1 Å². The van der Waals surface area contributed by atoms with Crippen LogP contribution in [-0.2, 0) is 6.54 Å². The van der Waals surface area contributed by atoms with Crippen LogP contribution in [0.15, 0.2) is 42.5 Å². The number of hydrogen-bond donors (Lipinski definition) is 1. The van der Waals surface area contributed by atoms with Crippen molar-refractivity contribution in [2.45, 2.75) is 13.5 Å². The Morgan fingerprint density at radius 1 is 1.11 bits per heavy atom. The van der Waals surface area contributed by atoms with Gasteiger partial charge in [0, 0.05) is 6.54 Å². The lowest BCUT2D eigenvalue weighted by Crippen LogP contribution is -2.00. The lowest BCUT2D eigenvalue weighted by atomic mass is 10.2. The Hall–Kier alpha value is -1.38. The summed E-state index contributed by atoms with van der Waals surface area (Å²) in [5, 5.41) is 4.36. The van der Waals surface area contributed by atoms with E-state index in [0.717, 1.165) is 17.0 Å². The van der Waals surface area contributed by atoms with Crippen LogP contribution in [0.3, 0.4) is 0 Å². The van der Waals surface area contributed by atoms with Crippen molar-refractivity contribution < 1.29 is 4.74 Å². The summed E-state index contributed by atoms with van der Waals surface area (Å²) in [5.41, 5.74) is 1.96. The number of anilines is 1. The maximum absolute atomic E-state index is 6.12. The second-order valence-electron chi connectivity index (χ2n) is 4.04. The summed E-state index contributed by atoms with van der Waals surface area (Å²) in [4.78, 5) is 0. The van der Waals surface area contributed by atoms with Gasteiger partial charge in [0.05, 0.1) is 22.3 Å². The molecule has 0 saturated carbocycles. The molecule has 0 aliphatic rings. The molecule has 0 spiro atoms. The molecule has 0 heterocycles. The summed E-state index contributed by atoms with van der Waals surface area (Å²) >= 11 is 12.1. The van der Waals surface area contributed by atoms with E-state index < -0.39 is 0 Å². The molecule has 0 atom stereocenters. The quantitative estimate of drug-likeness (QED) is 0.838. The van der Waals surface area contributed by atoms with Gasteiger partial charge in [-0.1, -0.05) is 41.4 Å². The molecule has 2 aromatic rings. The number of hydrogen-bond acceptors (Lipinski definition) is 2. The molecule has 2 rings (SSSR count). The van der Waals surface area contributed by atoms with Gasteiger partial charge in [0.2, 0.25) is 0 Å². The molecule has 0 saturated heterocycles. The van der Waals surface area contributed by atoms with Crippen molar-refractivity contribution >= 4 is 28.9 Å². The van der Waals surface area contributed by atoms with Gasteiger partial charge in [0.25, 0.3) is 0 Å². The molecule has 0 aromatic heterocycles. The lowest BCUT2D eigenvalue weighted by molar-refractivity contribution is 0.340. The van der Waals surface area contributed by atoms with Crippen molar-refractivity contribution in [3.05, 3.63) is 58.1 Å². The van der Waals surface area contributed by atoms with E-state index in [2.05, 4.69) is 5.32 Å². The highest BCUT2D eigenvalue weighted by molar-refractivity contribution is 6.43. The van der Waals surface area contributed by atoms with Gasteiger partial charge in [-0.2, -0.15) is 0 Å². The molecule has 2 nitrogen and oxygen atoms in total. The highest BCUT2D eigenvalue weighted by atomic mass is 35.5. The Bertz CT molecular complexity index is 558. The van der Waals surface area contributed by atoms with Crippen molar-refractivity contribution in [1.82, 2.24) is 0 Å². The first-order valence-electron chi connectivity index (χ1n) is 6.10. The first-order valence-corrected chi connectivity index (χ1v) is 6.86. The monoisotopic (exact) mass is 295 g/mol. The minimum atomic E-state index is 0.546. The highest BCUT2D eigenvalue weighted by Gasteiger charge is 2.04. The van der Waals surface area contributed by atoms with Crippen LogP contribution < -0.4 is 10.1 Å². The van der Waals surface area contributed by atoms with Crippen molar-refractivity contribution in [1.29, 1.82) is 0 Å². The van der Waals surface area contributed by atoms with Gasteiger partial charge in [-0.3, -0.25) is 0 Å². The third-order valence-electron chi connectivity index (χ3n) is 2.64. The second-order valence-corrected chi connectivity index (χ2v) is 4.82. The maximum Gasteiger partial charge on any atom is 0.119 e. The van der Waals surface area contributed by atoms with Crippen molar-refractivity contribution in [2.24, 2.45) is 0 Å². The van der Waals surface area contributed by atoms with E-state index in [1.807, 2.05) is 43.3 Å². The molecular weight excluding hydrogens is 281 g/mol. The Morgan fingerprint density at radius 2 is 1.89 bits per heavy atom. The molecule has 1 N–H and O–H groups in total. The molecule has 0 amide bonds. The largest absolute Gasteiger partial charge is 0.494 e. The molecule has 0 bridgehead atoms. The predicted octanol–water partition coefficient (Wildman–Crippen LogP) is 5.00. The average molecular weight is 296 g/mol. The first-order chi connectivity index (χ1) is 9.20. The third-order valence-corrected chi connectivity index (χ3v) is 3.46. The van der Waals surface area contributed by atoms with E-state index in [1.54, 1.807) is 6.07 Å². The summed E-state index contributed by atoms with van der Waals surface area (Å²) in [7, 11) is 0. The van der Waals surface area contributed by atoms with Crippen molar-refractivity contribution in [3.63, 3.8) is 0 Å². The first kappa shape index (κ1) is 14.0. The van der Waals surface area contributed by atoms with Crippen molar-refractivity contribution in [3.8, 4) is 5.75 Å². The summed E-state index contributed by atoms with van der Waals surface area (Å²) in [6.07, 6.45) is 0. The Morgan fingerprint density at radius 3 is 2.68 bits per heavy atom. The normalized spacial score (nSPS) is 10.3. The highest BCUT2D eigenvalue weighted by Crippen LogP contribution is 2.29. The van der Waals surface area contributed by atoms with E-state index in [4.69, 9.17) is 27.9 Å². The maximum atomic E-state index is 6.12. The Labute approximate surface area is 123 Å². The summed E-state index contributed by atoms with van der Waals surface area (Å²) in [5.74, 6) is 0.874. The van der Waals surface area contributed by atoms with Crippen LogP contribution in [0.5, 0.6) is 5.75 Å². The van der Waals surface area contributed by atoms with E-state index in [-0.39, 0.29) is 0 Å². The molecule has 19 heavy (non-hydrogen) atoms. The lowest BCUT2D eigenvalue weighted by Gasteiger charge is -2.10. The van der Waals surface area contributed by atoms with Crippen LogP contribution in [0.1, 0.15) is 12.5 Å². The van der Waals surface area contributed by atoms with E-state index in [9.17, 15) is 0 Å². The average Bonchev–Trinajstić information content (AvgIpc) is 2.41. The topological polar surface area (TPSA) is 21.3 Å².